The number of allylic oxidation sites excluding steroid dienone is 1. The van der Waals surface area contributed by atoms with Gasteiger partial charge in [-0.3, -0.25) is 0 Å². The molecule has 2 aromatic heterocycles. The van der Waals surface area contributed by atoms with E-state index in [1.54, 1.807) is 0 Å². The average molecular weight is 259 g/mol. The second-order valence-electron chi connectivity index (χ2n) is 4.93. The zero-order valence-electron chi connectivity index (χ0n) is 11.0. The third-order valence-corrected chi connectivity index (χ3v) is 3.70. The molecule has 2 aromatic rings. The first-order valence-corrected chi connectivity index (χ1v) is 6.87. The molecule has 0 fully saturated rings. The predicted molar refractivity (Wildman–Crippen MR) is 75.3 cm³/mol. The van der Waals surface area contributed by atoms with Gasteiger partial charge in [0.2, 0.25) is 5.95 Å². The van der Waals surface area contributed by atoms with Gasteiger partial charge in [0, 0.05) is 23.2 Å². The summed E-state index contributed by atoms with van der Waals surface area (Å²) in [5.41, 5.74) is 3.08. The van der Waals surface area contributed by atoms with Crippen molar-refractivity contribution in [1.29, 1.82) is 0 Å². The van der Waals surface area contributed by atoms with Crippen molar-refractivity contribution in [1.82, 2.24) is 15.3 Å². The number of aromatic nitrogens is 2. The topological polar surface area (TPSA) is 40.7 Å². The van der Waals surface area contributed by atoms with Crippen LogP contribution in [0.5, 0.6) is 0 Å². The first-order valence-electron chi connectivity index (χ1n) is 6.87. The maximum Gasteiger partial charge on any atom is 0.214 e. The molecule has 0 amide bonds. The van der Waals surface area contributed by atoms with Gasteiger partial charge in [-0.05, 0) is 43.5 Å². The largest absolute Gasteiger partial charge is 0.345 e. The van der Waals surface area contributed by atoms with Crippen LogP contribution >= 0.6 is 0 Å². The standard InChI is InChI=1S/C15H18FN3/c1-2-17-13-6-4-3-5-10(13)12-9-18-15-11(12)7-8-14(16)19-15/h5,7-9,13,17H,2-4,6H2,1H3,(H,18,19)/t13-/m1/s1. The van der Waals surface area contributed by atoms with E-state index in [1.165, 1.54) is 18.1 Å². The zero-order valence-corrected chi connectivity index (χ0v) is 11.0. The number of nitrogens with one attached hydrogen (secondary N) is 2. The Morgan fingerprint density at radius 3 is 3.21 bits per heavy atom. The number of pyridine rings is 1. The molecule has 19 heavy (non-hydrogen) atoms. The van der Waals surface area contributed by atoms with Crippen molar-refractivity contribution in [2.45, 2.75) is 32.2 Å². The van der Waals surface area contributed by atoms with E-state index in [0.717, 1.165) is 30.3 Å². The summed E-state index contributed by atoms with van der Waals surface area (Å²) in [4.78, 5) is 6.96. The Balaban J connectivity index is 2.05. The van der Waals surface area contributed by atoms with Gasteiger partial charge >= 0.3 is 0 Å². The summed E-state index contributed by atoms with van der Waals surface area (Å²) >= 11 is 0. The molecule has 2 heterocycles. The van der Waals surface area contributed by atoms with Gasteiger partial charge in [0.15, 0.2) is 0 Å². The molecule has 0 saturated carbocycles. The highest BCUT2D eigenvalue weighted by molar-refractivity contribution is 5.91. The van der Waals surface area contributed by atoms with Crippen LogP contribution in [0.4, 0.5) is 4.39 Å². The Bertz CT molecular complexity index is 615. The highest BCUT2D eigenvalue weighted by Crippen LogP contribution is 2.31. The second kappa shape index (κ2) is 5.13. The van der Waals surface area contributed by atoms with Crippen LogP contribution in [0.1, 0.15) is 31.7 Å². The smallest absolute Gasteiger partial charge is 0.214 e. The van der Waals surface area contributed by atoms with Crippen LogP contribution in [0.3, 0.4) is 0 Å². The number of nitrogens with zero attached hydrogens (tertiary/aromatic N) is 1. The first-order chi connectivity index (χ1) is 9.29. The number of rotatable bonds is 3. The predicted octanol–water partition coefficient (Wildman–Crippen LogP) is 3.25. The van der Waals surface area contributed by atoms with E-state index in [-0.39, 0.29) is 0 Å². The van der Waals surface area contributed by atoms with Gasteiger partial charge in [-0.2, -0.15) is 4.39 Å². The number of hydrogen-bond acceptors (Lipinski definition) is 2. The lowest BCUT2D eigenvalue weighted by molar-refractivity contribution is 0.551. The van der Waals surface area contributed by atoms with Gasteiger partial charge in [0.25, 0.3) is 0 Å². The third kappa shape index (κ3) is 2.28. The minimum Gasteiger partial charge on any atom is -0.345 e. The maximum absolute atomic E-state index is 13.1. The fraction of sp³-hybridized carbons (Fsp3) is 0.400. The van der Waals surface area contributed by atoms with Crippen molar-refractivity contribution < 1.29 is 4.39 Å². The Hall–Kier alpha value is -1.68. The quantitative estimate of drug-likeness (QED) is 0.831. The van der Waals surface area contributed by atoms with Crippen molar-refractivity contribution in [3.05, 3.63) is 35.9 Å². The summed E-state index contributed by atoms with van der Waals surface area (Å²) in [6.07, 6.45) is 7.72. The Morgan fingerprint density at radius 2 is 2.37 bits per heavy atom. The number of halogens is 1. The average Bonchev–Trinajstić information content (AvgIpc) is 2.82. The Kier molecular flexibility index (Phi) is 3.34. The van der Waals surface area contributed by atoms with Crippen molar-refractivity contribution in [2.24, 2.45) is 0 Å². The number of likely N-dealkylation sites (N-methyl/N-ethyl adjacent to an activating group) is 1. The molecule has 0 bridgehead atoms. The molecule has 0 radical (unpaired) electrons. The summed E-state index contributed by atoms with van der Waals surface area (Å²) in [7, 11) is 0. The van der Waals surface area contributed by atoms with Crippen LogP contribution in [0, 0.1) is 5.95 Å². The molecule has 0 aromatic carbocycles. The van der Waals surface area contributed by atoms with Gasteiger partial charge in [-0.1, -0.05) is 13.0 Å². The van der Waals surface area contributed by atoms with E-state index in [2.05, 4.69) is 28.3 Å². The zero-order chi connectivity index (χ0) is 13.2. The van der Waals surface area contributed by atoms with Crippen LogP contribution < -0.4 is 5.32 Å². The molecule has 3 nitrogen and oxygen atoms in total. The number of hydrogen-bond donors (Lipinski definition) is 2. The maximum atomic E-state index is 13.1. The molecular formula is C15H18FN3. The number of aromatic amines is 1. The normalized spacial score (nSPS) is 19.7. The summed E-state index contributed by atoms with van der Waals surface area (Å²) in [5.74, 6) is -0.443. The summed E-state index contributed by atoms with van der Waals surface area (Å²) in [6, 6.07) is 3.62. The van der Waals surface area contributed by atoms with Crippen LogP contribution in [0.25, 0.3) is 16.6 Å². The molecule has 0 saturated heterocycles. The lowest BCUT2D eigenvalue weighted by atomic mass is 9.89. The number of H-pyrrole nitrogens is 1. The van der Waals surface area contributed by atoms with Crippen molar-refractivity contribution in [3.8, 4) is 0 Å². The molecule has 2 N–H and O–H groups in total. The Morgan fingerprint density at radius 1 is 1.47 bits per heavy atom. The van der Waals surface area contributed by atoms with Gasteiger partial charge in [-0.25, -0.2) is 4.98 Å². The highest BCUT2D eigenvalue weighted by Gasteiger charge is 2.20. The molecule has 1 atom stereocenters. The molecule has 0 unspecified atom stereocenters. The van der Waals surface area contributed by atoms with Crippen LogP contribution in [-0.4, -0.2) is 22.6 Å². The molecular weight excluding hydrogens is 241 g/mol. The fourth-order valence-corrected chi connectivity index (χ4v) is 2.85. The molecule has 3 rings (SSSR count). The summed E-state index contributed by atoms with van der Waals surface area (Å²) in [5, 5.41) is 4.52. The third-order valence-electron chi connectivity index (χ3n) is 3.70. The van der Waals surface area contributed by atoms with E-state index in [1.807, 2.05) is 12.3 Å². The highest BCUT2D eigenvalue weighted by atomic mass is 19.1. The molecule has 0 aliphatic heterocycles. The van der Waals surface area contributed by atoms with Crippen molar-refractivity contribution in [3.63, 3.8) is 0 Å². The van der Waals surface area contributed by atoms with Gasteiger partial charge in [0.1, 0.15) is 5.65 Å². The van der Waals surface area contributed by atoms with Gasteiger partial charge in [0.05, 0.1) is 0 Å². The van der Waals surface area contributed by atoms with Crippen LogP contribution in [-0.2, 0) is 0 Å². The van der Waals surface area contributed by atoms with E-state index < -0.39 is 5.95 Å². The van der Waals surface area contributed by atoms with E-state index in [4.69, 9.17) is 0 Å². The molecule has 1 aliphatic carbocycles. The van der Waals surface area contributed by atoms with Crippen LogP contribution in [0.15, 0.2) is 24.4 Å². The SMILES string of the molecule is CCN[C@@H]1CCCC=C1c1c[nH]c2nc(F)ccc12. The first kappa shape index (κ1) is 12.4. The molecule has 100 valence electrons. The second-order valence-corrected chi connectivity index (χ2v) is 4.93. The lowest BCUT2D eigenvalue weighted by Crippen LogP contribution is -2.31. The minimum atomic E-state index is -0.443. The van der Waals surface area contributed by atoms with E-state index >= 15 is 0 Å². The molecule has 4 heteroatoms. The summed E-state index contributed by atoms with van der Waals surface area (Å²) < 4.78 is 13.1. The van der Waals surface area contributed by atoms with Crippen molar-refractivity contribution in [2.75, 3.05) is 6.54 Å². The van der Waals surface area contributed by atoms with Crippen LogP contribution in [0.2, 0.25) is 0 Å². The minimum absolute atomic E-state index is 0.391. The number of fused-ring (bicyclic) bond motifs is 1. The molecule has 1 aliphatic rings. The lowest BCUT2D eigenvalue weighted by Gasteiger charge is -2.25. The van der Waals surface area contributed by atoms with Gasteiger partial charge in [-0.15, -0.1) is 0 Å². The van der Waals surface area contributed by atoms with E-state index in [9.17, 15) is 4.39 Å². The fourth-order valence-electron chi connectivity index (χ4n) is 2.85. The van der Waals surface area contributed by atoms with E-state index in [0.29, 0.717) is 11.7 Å². The Labute approximate surface area is 111 Å². The van der Waals surface area contributed by atoms with Crippen molar-refractivity contribution >= 4 is 16.6 Å². The van der Waals surface area contributed by atoms with Gasteiger partial charge < -0.3 is 10.3 Å². The monoisotopic (exact) mass is 259 g/mol. The molecule has 0 spiro atoms. The summed E-state index contributed by atoms with van der Waals surface area (Å²) in [6.45, 7) is 3.08.